The number of rotatable bonds is 4. The third kappa shape index (κ3) is 3.37. The molecule has 0 fully saturated rings. The van der Waals surface area contributed by atoms with Crippen LogP contribution in [0.25, 0.3) is 10.8 Å². The maximum atomic E-state index is 13.7. The number of halogens is 1. The summed E-state index contributed by atoms with van der Waals surface area (Å²) < 4.78 is 13.7. The van der Waals surface area contributed by atoms with Crippen molar-refractivity contribution in [1.82, 2.24) is 5.32 Å². The van der Waals surface area contributed by atoms with Crippen LogP contribution in [0.15, 0.2) is 36.4 Å². The standard InChI is InChI=1S/C16H17FN2O2/c1-16(2,9-14(18)20)19-15(21)12-7-8-13(17)11-6-4-3-5-10(11)12/h3-8H,9H2,1-2H3,(H2,18,20)(H,19,21). The molecule has 0 saturated carbocycles. The topological polar surface area (TPSA) is 72.2 Å². The highest BCUT2D eigenvalue weighted by Crippen LogP contribution is 2.22. The highest BCUT2D eigenvalue weighted by molar-refractivity contribution is 6.07. The van der Waals surface area contributed by atoms with E-state index in [1.165, 1.54) is 12.1 Å². The molecule has 4 nitrogen and oxygen atoms in total. The zero-order chi connectivity index (χ0) is 15.6. The van der Waals surface area contributed by atoms with Gasteiger partial charge in [-0.05, 0) is 31.4 Å². The van der Waals surface area contributed by atoms with E-state index in [-0.39, 0.29) is 18.1 Å². The average molecular weight is 288 g/mol. The average Bonchev–Trinajstić information content (AvgIpc) is 2.37. The van der Waals surface area contributed by atoms with Crippen LogP contribution in [0.2, 0.25) is 0 Å². The summed E-state index contributed by atoms with van der Waals surface area (Å²) in [6.07, 6.45) is 0.0257. The van der Waals surface area contributed by atoms with Crippen molar-refractivity contribution in [2.45, 2.75) is 25.8 Å². The summed E-state index contributed by atoms with van der Waals surface area (Å²) in [5, 5.41) is 3.67. The number of primary amides is 1. The first kappa shape index (κ1) is 15.0. The molecular formula is C16H17FN2O2. The molecule has 0 saturated heterocycles. The van der Waals surface area contributed by atoms with Crippen molar-refractivity contribution in [2.24, 2.45) is 5.73 Å². The molecule has 21 heavy (non-hydrogen) atoms. The smallest absolute Gasteiger partial charge is 0.252 e. The van der Waals surface area contributed by atoms with Crippen molar-refractivity contribution >= 4 is 22.6 Å². The lowest BCUT2D eigenvalue weighted by molar-refractivity contribution is -0.119. The highest BCUT2D eigenvalue weighted by atomic mass is 19.1. The Hall–Kier alpha value is -2.43. The van der Waals surface area contributed by atoms with Gasteiger partial charge in [-0.3, -0.25) is 9.59 Å². The number of benzene rings is 2. The summed E-state index contributed by atoms with van der Waals surface area (Å²) in [5.41, 5.74) is 4.76. The van der Waals surface area contributed by atoms with E-state index < -0.39 is 11.4 Å². The van der Waals surface area contributed by atoms with Crippen LogP contribution in [0.1, 0.15) is 30.6 Å². The van der Waals surface area contributed by atoms with Gasteiger partial charge in [0, 0.05) is 22.9 Å². The van der Waals surface area contributed by atoms with Gasteiger partial charge in [0.1, 0.15) is 5.82 Å². The van der Waals surface area contributed by atoms with Crippen LogP contribution in [-0.2, 0) is 4.79 Å². The number of fused-ring (bicyclic) bond motifs is 1. The molecule has 2 aromatic carbocycles. The predicted molar refractivity (Wildman–Crippen MR) is 79.3 cm³/mol. The molecule has 2 rings (SSSR count). The van der Waals surface area contributed by atoms with Crippen LogP contribution in [0, 0.1) is 5.82 Å². The Morgan fingerprint density at radius 1 is 1.14 bits per heavy atom. The van der Waals surface area contributed by atoms with Gasteiger partial charge in [0.05, 0.1) is 0 Å². The first-order valence-corrected chi connectivity index (χ1v) is 6.58. The number of nitrogens with one attached hydrogen (secondary N) is 1. The maximum absolute atomic E-state index is 13.7. The van der Waals surface area contributed by atoms with Crippen LogP contribution in [0.5, 0.6) is 0 Å². The van der Waals surface area contributed by atoms with Crippen LogP contribution >= 0.6 is 0 Å². The molecule has 0 radical (unpaired) electrons. The van der Waals surface area contributed by atoms with Gasteiger partial charge in [0.2, 0.25) is 5.91 Å². The highest BCUT2D eigenvalue weighted by Gasteiger charge is 2.24. The van der Waals surface area contributed by atoms with Gasteiger partial charge < -0.3 is 11.1 Å². The third-order valence-corrected chi connectivity index (χ3v) is 3.18. The summed E-state index contributed by atoms with van der Waals surface area (Å²) in [5.74, 6) is -1.24. The fourth-order valence-corrected chi connectivity index (χ4v) is 2.31. The number of carbonyl (C=O) groups excluding carboxylic acids is 2. The molecule has 3 N–H and O–H groups in total. The molecule has 0 heterocycles. The van der Waals surface area contributed by atoms with Crippen LogP contribution in [0.3, 0.4) is 0 Å². The summed E-state index contributed by atoms with van der Waals surface area (Å²) >= 11 is 0. The molecule has 110 valence electrons. The summed E-state index contributed by atoms with van der Waals surface area (Å²) in [4.78, 5) is 23.4. The Labute approximate surface area is 122 Å². The van der Waals surface area contributed by atoms with Gasteiger partial charge in [-0.1, -0.05) is 24.3 Å². The normalized spacial score (nSPS) is 11.4. The van der Waals surface area contributed by atoms with E-state index in [9.17, 15) is 14.0 Å². The van der Waals surface area contributed by atoms with E-state index in [1.807, 2.05) is 0 Å². The first-order chi connectivity index (χ1) is 9.80. The van der Waals surface area contributed by atoms with Gasteiger partial charge in [0.15, 0.2) is 0 Å². The van der Waals surface area contributed by atoms with E-state index in [0.717, 1.165) is 0 Å². The monoisotopic (exact) mass is 288 g/mol. The molecular weight excluding hydrogens is 271 g/mol. The van der Waals surface area contributed by atoms with Gasteiger partial charge >= 0.3 is 0 Å². The summed E-state index contributed by atoms with van der Waals surface area (Å²) in [6.45, 7) is 3.42. The van der Waals surface area contributed by atoms with Crippen molar-refractivity contribution < 1.29 is 14.0 Å². The second kappa shape index (κ2) is 5.52. The summed E-state index contributed by atoms with van der Waals surface area (Å²) in [7, 11) is 0. The molecule has 0 spiro atoms. The minimum atomic E-state index is -0.765. The number of nitrogens with two attached hydrogens (primary N) is 1. The SMILES string of the molecule is CC(C)(CC(N)=O)NC(=O)c1ccc(F)c2ccccc12. The van der Waals surface area contributed by atoms with E-state index in [1.54, 1.807) is 38.1 Å². The van der Waals surface area contributed by atoms with E-state index in [4.69, 9.17) is 5.73 Å². The fourth-order valence-electron chi connectivity index (χ4n) is 2.31. The van der Waals surface area contributed by atoms with Crippen molar-refractivity contribution in [2.75, 3.05) is 0 Å². The lowest BCUT2D eigenvalue weighted by Crippen LogP contribution is -2.46. The molecule has 2 amide bonds. The van der Waals surface area contributed by atoms with Crippen LogP contribution in [-0.4, -0.2) is 17.4 Å². The van der Waals surface area contributed by atoms with Gasteiger partial charge in [0.25, 0.3) is 5.91 Å². The zero-order valence-corrected chi connectivity index (χ0v) is 11.9. The maximum Gasteiger partial charge on any atom is 0.252 e. The van der Waals surface area contributed by atoms with Crippen molar-refractivity contribution in [3.63, 3.8) is 0 Å². The fraction of sp³-hybridized carbons (Fsp3) is 0.250. The third-order valence-electron chi connectivity index (χ3n) is 3.18. The predicted octanol–water partition coefficient (Wildman–Crippen LogP) is 2.36. The molecule has 0 atom stereocenters. The Morgan fingerprint density at radius 3 is 2.38 bits per heavy atom. The van der Waals surface area contributed by atoms with Crippen LogP contribution < -0.4 is 11.1 Å². The van der Waals surface area contributed by atoms with Crippen molar-refractivity contribution in [3.8, 4) is 0 Å². The Balaban J connectivity index is 2.37. The van der Waals surface area contributed by atoms with E-state index >= 15 is 0 Å². The summed E-state index contributed by atoms with van der Waals surface area (Å²) in [6, 6.07) is 9.47. The zero-order valence-electron chi connectivity index (χ0n) is 11.9. The van der Waals surface area contributed by atoms with Crippen molar-refractivity contribution in [3.05, 3.63) is 47.8 Å². The second-order valence-corrected chi connectivity index (χ2v) is 5.62. The van der Waals surface area contributed by atoms with Crippen molar-refractivity contribution in [1.29, 1.82) is 0 Å². The van der Waals surface area contributed by atoms with E-state index in [2.05, 4.69) is 5.32 Å². The lowest BCUT2D eigenvalue weighted by atomic mass is 9.98. The van der Waals surface area contributed by atoms with Crippen LogP contribution in [0.4, 0.5) is 4.39 Å². The number of hydrogen-bond donors (Lipinski definition) is 2. The van der Waals surface area contributed by atoms with Gasteiger partial charge in [-0.15, -0.1) is 0 Å². The molecule has 0 aliphatic heterocycles. The quantitative estimate of drug-likeness (QED) is 0.906. The van der Waals surface area contributed by atoms with Gasteiger partial charge in [-0.25, -0.2) is 4.39 Å². The molecule has 0 aliphatic carbocycles. The molecule has 0 aromatic heterocycles. The molecule has 0 aliphatic rings. The second-order valence-electron chi connectivity index (χ2n) is 5.62. The Morgan fingerprint density at radius 2 is 1.76 bits per heavy atom. The van der Waals surface area contributed by atoms with Gasteiger partial charge in [-0.2, -0.15) is 0 Å². The van der Waals surface area contributed by atoms with E-state index in [0.29, 0.717) is 16.3 Å². The largest absolute Gasteiger partial charge is 0.370 e. The Bertz CT molecular complexity index is 710. The number of carbonyl (C=O) groups is 2. The molecule has 5 heteroatoms. The lowest BCUT2D eigenvalue weighted by Gasteiger charge is -2.25. The number of hydrogen-bond acceptors (Lipinski definition) is 2. The molecule has 0 unspecified atom stereocenters. The Kier molecular flexibility index (Phi) is 3.93. The number of amides is 2. The molecule has 2 aromatic rings. The minimum Gasteiger partial charge on any atom is -0.370 e. The first-order valence-electron chi connectivity index (χ1n) is 6.58. The molecule has 0 bridgehead atoms. The minimum absolute atomic E-state index is 0.0257.